The van der Waals surface area contributed by atoms with Crippen molar-refractivity contribution in [1.29, 1.82) is 0 Å². The first kappa shape index (κ1) is 18.3. The van der Waals surface area contributed by atoms with E-state index in [0.717, 1.165) is 76.6 Å². The summed E-state index contributed by atoms with van der Waals surface area (Å²) in [5.74, 6) is 2.21. The highest BCUT2D eigenvalue weighted by Gasteiger charge is 2.62. The minimum Gasteiger partial charge on any atom is -0.497 e. The molecule has 1 amide bonds. The Kier molecular flexibility index (Phi) is 4.71. The molecular weight excluding hydrogens is 356 g/mol. The van der Waals surface area contributed by atoms with E-state index in [4.69, 9.17) is 14.2 Å². The van der Waals surface area contributed by atoms with Gasteiger partial charge < -0.3 is 19.1 Å². The standard InChI is InChI=1S/C22H30N2O4/c1-26-17-4-5-20-18(13-17)22(6-10-28-20)14-19(22)21(25)24-7-2-3-16(24)15-23-8-11-27-12-9-23/h4-5,13,16,19H,2-3,6-12,14-15H2,1H3/t16?,19-,22-/m1/s1. The fourth-order valence-corrected chi connectivity index (χ4v) is 5.43. The Balaban J connectivity index is 1.32. The first-order valence-corrected chi connectivity index (χ1v) is 10.6. The number of amides is 1. The van der Waals surface area contributed by atoms with Crippen molar-refractivity contribution in [1.82, 2.24) is 9.80 Å². The third-order valence-electron chi connectivity index (χ3n) is 7.14. The van der Waals surface area contributed by atoms with Crippen LogP contribution in [0, 0.1) is 5.92 Å². The minimum atomic E-state index is -0.0503. The molecule has 1 unspecified atom stereocenters. The first-order chi connectivity index (χ1) is 13.7. The van der Waals surface area contributed by atoms with E-state index in [0.29, 0.717) is 18.6 Å². The van der Waals surface area contributed by atoms with Crippen LogP contribution < -0.4 is 9.47 Å². The normalized spacial score (nSPS) is 32.1. The molecule has 1 saturated carbocycles. The second kappa shape index (κ2) is 7.23. The van der Waals surface area contributed by atoms with E-state index in [1.165, 1.54) is 5.56 Å². The van der Waals surface area contributed by atoms with Crippen LogP contribution in [-0.4, -0.2) is 74.9 Å². The lowest BCUT2D eigenvalue weighted by atomic mass is 9.87. The molecule has 0 N–H and O–H groups in total. The lowest BCUT2D eigenvalue weighted by Gasteiger charge is -2.34. The molecule has 3 atom stereocenters. The summed E-state index contributed by atoms with van der Waals surface area (Å²) in [4.78, 5) is 18.1. The summed E-state index contributed by atoms with van der Waals surface area (Å²) in [5, 5.41) is 0. The average molecular weight is 386 g/mol. The zero-order chi connectivity index (χ0) is 19.1. The Hall–Kier alpha value is -1.79. The molecule has 28 heavy (non-hydrogen) atoms. The van der Waals surface area contributed by atoms with Gasteiger partial charge in [-0.15, -0.1) is 0 Å². The zero-order valence-corrected chi connectivity index (χ0v) is 16.7. The molecule has 152 valence electrons. The number of methoxy groups -OCH3 is 1. The van der Waals surface area contributed by atoms with Gasteiger partial charge in [0.2, 0.25) is 5.91 Å². The monoisotopic (exact) mass is 386 g/mol. The highest BCUT2D eigenvalue weighted by atomic mass is 16.5. The molecule has 1 aromatic rings. The summed E-state index contributed by atoms with van der Waals surface area (Å²) in [5.41, 5.74) is 1.12. The summed E-state index contributed by atoms with van der Waals surface area (Å²) in [6.45, 7) is 6.17. The van der Waals surface area contributed by atoms with E-state index >= 15 is 0 Å². The first-order valence-electron chi connectivity index (χ1n) is 10.6. The van der Waals surface area contributed by atoms with Gasteiger partial charge in [0.15, 0.2) is 0 Å². The molecule has 3 heterocycles. The fraction of sp³-hybridized carbons (Fsp3) is 0.682. The molecule has 3 fully saturated rings. The van der Waals surface area contributed by atoms with Crippen LogP contribution in [0.4, 0.5) is 0 Å². The number of benzene rings is 1. The number of morpholine rings is 1. The van der Waals surface area contributed by atoms with Gasteiger partial charge in [0.1, 0.15) is 11.5 Å². The van der Waals surface area contributed by atoms with Crippen LogP contribution >= 0.6 is 0 Å². The number of carbonyl (C=O) groups excluding carboxylic acids is 1. The van der Waals surface area contributed by atoms with Gasteiger partial charge in [-0.2, -0.15) is 0 Å². The summed E-state index contributed by atoms with van der Waals surface area (Å²) in [6, 6.07) is 6.37. The van der Waals surface area contributed by atoms with Crippen LogP contribution in [0.1, 0.15) is 31.2 Å². The third kappa shape index (κ3) is 3.07. The van der Waals surface area contributed by atoms with Crippen LogP contribution in [0.25, 0.3) is 0 Å². The molecule has 4 aliphatic rings. The number of nitrogens with zero attached hydrogens (tertiary/aromatic N) is 2. The predicted molar refractivity (Wildman–Crippen MR) is 105 cm³/mol. The Labute approximate surface area is 166 Å². The van der Waals surface area contributed by atoms with Gasteiger partial charge in [0.25, 0.3) is 0 Å². The largest absolute Gasteiger partial charge is 0.497 e. The van der Waals surface area contributed by atoms with Gasteiger partial charge in [-0.25, -0.2) is 0 Å². The highest BCUT2D eigenvalue weighted by molar-refractivity contribution is 5.85. The fourth-order valence-electron chi connectivity index (χ4n) is 5.43. The molecule has 3 aliphatic heterocycles. The molecule has 6 heteroatoms. The third-order valence-corrected chi connectivity index (χ3v) is 7.14. The summed E-state index contributed by atoms with van der Waals surface area (Å²) in [6.07, 6.45) is 4.10. The number of ether oxygens (including phenoxy) is 3. The quantitative estimate of drug-likeness (QED) is 0.793. The zero-order valence-electron chi connectivity index (χ0n) is 16.7. The van der Waals surface area contributed by atoms with Crippen molar-refractivity contribution in [3.8, 4) is 11.5 Å². The summed E-state index contributed by atoms with van der Waals surface area (Å²) in [7, 11) is 1.69. The minimum absolute atomic E-state index is 0.0503. The number of likely N-dealkylation sites (tertiary alicyclic amines) is 1. The van der Waals surface area contributed by atoms with E-state index in [-0.39, 0.29) is 11.3 Å². The number of hydrogen-bond donors (Lipinski definition) is 0. The van der Waals surface area contributed by atoms with Crippen LogP contribution in [0.5, 0.6) is 11.5 Å². The number of fused-ring (bicyclic) bond motifs is 2. The Morgan fingerprint density at radius 1 is 1.25 bits per heavy atom. The van der Waals surface area contributed by atoms with Crippen LogP contribution in [0.15, 0.2) is 18.2 Å². The predicted octanol–water partition coefficient (Wildman–Crippen LogP) is 2.06. The van der Waals surface area contributed by atoms with E-state index in [9.17, 15) is 4.79 Å². The Morgan fingerprint density at radius 2 is 2.11 bits per heavy atom. The number of hydrogen-bond acceptors (Lipinski definition) is 5. The molecule has 0 bridgehead atoms. The van der Waals surface area contributed by atoms with Gasteiger partial charge in [-0.1, -0.05) is 0 Å². The molecule has 1 aliphatic carbocycles. The molecule has 0 radical (unpaired) electrons. The molecule has 5 rings (SSSR count). The SMILES string of the molecule is COc1ccc2c(c1)[C@@]1(CCO2)C[C@@H]1C(=O)N1CCCC1CN1CCOCC1. The van der Waals surface area contributed by atoms with Crippen LogP contribution in [0.2, 0.25) is 0 Å². The summed E-state index contributed by atoms with van der Waals surface area (Å²) >= 11 is 0. The highest BCUT2D eigenvalue weighted by Crippen LogP contribution is 2.62. The molecule has 6 nitrogen and oxygen atoms in total. The molecule has 2 saturated heterocycles. The molecule has 0 aromatic heterocycles. The van der Waals surface area contributed by atoms with Gasteiger partial charge in [-0.3, -0.25) is 9.69 Å². The second-order valence-corrected chi connectivity index (χ2v) is 8.61. The van der Waals surface area contributed by atoms with Crippen molar-refractivity contribution in [2.45, 2.75) is 37.1 Å². The Bertz CT molecular complexity index is 748. The van der Waals surface area contributed by atoms with E-state index < -0.39 is 0 Å². The smallest absolute Gasteiger partial charge is 0.226 e. The number of carbonyl (C=O) groups is 1. The van der Waals surface area contributed by atoms with E-state index in [1.807, 2.05) is 12.1 Å². The Morgan fingerprint density at radius 3 is 2.93 bits per heavy atom. The van der Waals surface area contributed by atoms with Crippen molar-refractivity contribution in [3.63, 3.8) is 0 Å². The van der Waals surface area contributed by atoms with Gasteiger partial charge in [0, 0.05) is 49.1 Å². The van der Waals surface area contributed by atoms with Crippen molar-refractivity contribution in [2.75, 3.05) is 53.1 Å². The average Bonchev–Trinajstić information content (AvgIpc) is 3.26. The van der Waals surface area contributed by atoms with Gasteiger partial charge >= 0.3 is 0 Å². The van der Waals surface area contributed by atoms with E-state index in [2.05, 4.69) is 15.9 Å². The van der Waals surface area contributed by atoms with Crippen molar-refractivity contribution in [3.05, 3.63) is 23.8 Å². The molecular formula is C22H30N2O4. The topological polar surface area (TPSA) is 51.2 Å². The maximum Gasteiger partial charge on any atom is 0.226 e. The molecule has 1 spiro atoms. The lowest BCUT2D eigenvalue weighted by molar-refractivity contribution is -0.134. The van der Waals surface area contributed by atoms with Crippen LogP contribution in [0.3, 0.4) is 0 Å². The maximum atomic E-state index is 13.5. The molecule has 1 aromatic carbocycles. The lowest BCUT2D eigenvalue weighted by Crippen LogP contribution is -2.47. The van der Waals surface area contributed by atoms with Gasteiger partial charge in [0.05, 0.1) is 26.9 Å². The van der Waals surface area contributed by atoms with Crippen molar-refractivity contribution in [2.24, 2.45) is 5.92 Å². The summed E-state index contributed by atoms with van der Waals surface area (Å²) < 4.78 is 16.8. The maximum absolute atomic E-state index is 13.5. The number of rotatable bonds is 4. The van der Waals surface area contributed by atoms with E-state index in [1.54, 1.807) is 7.11 Å². The van der Waals surface area contributed by atoms with Crippen LogP contribution in [-0.2, 0) is 14.9 Å². The van der Waals surface area contributed by atoms with Crippen molar-refractivity contribution >= 4 is 5.91 Å². The second-order valence-electron chi connectivity index (χ2n) is 8.61. The van der Waals surface area contributed by atoms with Gasteiger partial charge in [-0.05, 0) is 43.9 Å². The van der Waals surface area contributed by atoms with Crippen molar-refractivity contribution < 1.29 is 19.0 Å².